The zero-order valence-corrected chi connectivity index (χ0v) is 11.5. The van der Waals surface area contributed by atoms with Gasteiger partial charge in [-0.25, -0.2) is 0 Å². The minimum atomic E-state index is -0.915. The van der Waals surface area contributed by atoms with Crippen LogP contribution in [0.15, 0.2) is 11.0 Å². The first-order chi connectivity index (χ1) is 9.59. The SMILES string of the molecule is CC.O=C1c2c(O)c(=O)c(O)cn2C[C@@H]2COCCN12. The Hall–Kier alpha value is -2.02. The second-order valence-electron chi connectivity index (χ2n) is 4.42. The lowest BCUT2D eigenvalue weighted by Crippen LogP contribution is -2.54. The number of aromatic hydroxyl groups is 2. The molecule has 0 aromatic carbocycles. The lowest BCUT2D eigenvalue weighted by atomic mass is 10.1. The second-order valence-corrected chi connectivity index (χ2v) is 4.42. The largest absolute Gasteiger partial charge is 0.503 e. The predicted octanol–water partition coefficient (Wildman–Crippen LogP) is 0.140. The Morgan fingerprint density at radius 1 is 1.30 bits per heavy atom. The van der Waals surface area contributed by atoms with Crippen molar-refractivity contribution in [3.8, 4) is 11.5 Å². The van der Waals surface area contributed by atoms with Crippen LogP contribution in [0.5, 0.6) is 11.5 Å². The lowest BCUT2D eigenvalue weighted by Gasteiger charge is -2.40. The van der Waals surface area contributed by atoms with E-state index < -0.39 is 22.8 Å². The van der Waals surface area contributed by atoms with Gasteiger partial charge in [-0.1, -0.05) is 13.8 Å². The molecule has 2 aliphatic rings. The first-order valence-corrected chi connectivity index (χ1v) is 6.63. The third kappa shape index (κ3) is 2.14. The van der Waals surface area contributed by atoms with Crippen LogP contribution in [0.25, 0.3) is 0 Å². The van der Waals surface area contributed by atoms with E-state index >= 15 is 0 Å². The number of hydrogen-bond acceptors (Lipinski definition) is 5. The van der Waals surface area contributed by atoms with Gasteiger partial charge in [-0.2, -0.15) is 0 Å². The van der Waals surface area contributed by atoms with Crippen molar-refractivity contribution in [3.63, 3.8) is 0 Å². The summed E-state index contributed by atoms with van der Waals surface area (Å²) in [5, 5.41) is 19.1. The summed E-state index contributed by atoms with van der Waals surface area (Å²) in [5.74, 6) is -1.65. The van der Waals surface area contributed by atoms with Crippen molar-refractivity contribution in [2.45, 2.75) is 26.4 Å². The molecule has 1 fully saturated rings. The van der Waals surface area contributed by atoms with Crippen molar-refractivity contribution >= 4 is 5.91 Å². The average molecular weight is 282 g/mol. The molecular formula is C13H18N2O5. The Labute approximate surface area is 116 Å². The Bertz CT molecular complexity index is 581. The van der Waals surface area contributed by atoms with E-state index in [-0.39, 0.29) is 11.7 Å². The smallest absolute Gasteiger partial charge is 0.274 e. The molecule has 0 spiro atoms. The van der Waals surface area contributed by atoms with Gasteiger partial charge in [0.1, 0.15) is 0 Å². The van der Waals surface area contributed by atoms with E-state index in [1.807, 2.05) is 13.8 Å². The topological polar surface area (TPSA) is 92.0 Å². The number of nitrogens with zero attached hydrogens (tertiary/aromatic N) is 2. The number of carbonyl (C=O) groups is 1. The van der Waals surface area contributed by atoms with Crippen LogP contribution >= 0.6 is 0 Å². The van der Waals surface area contributed by atoms with Gasteiger partial charge in [0.15, 0.2) is 17.2 Å². The van der Waals surface area contributed by atoms with Crippen LogP contribution in [0.4, 0.5) is 0 Å². The average Bonchev–Trinajstić information content (AvgIpc) is 2.47. The van der Waals surface area contributed by atoms with E-state index in [9.17, 15) is 19.8 Å². The number of fused-ring (bicyclic) bond motifs is 2. The van der Waals surface area contributed by atoms with Gasteiger partial charge in [0.25, 0.3) is 11.3 Å². The molecule has 0 unspecified atom stereocenters. The normalized spacial score (nSPS) is 20.6. The van der Waals surface area contributed by atoms with Crippen molar-refractivity contribution in [2.75, 3.05) is 19.8 Å². The van der Waals surface area contributed by atoms with E-state index in [2.05, 4.69) is 0 Å². The van der Waals surface area contributed by atoms with E-state index in [1.165, 1.54) is 10.8 Å². The van der Waals surface area contributed by atoms with Gasteiger partial charge in [-0.05, 0) is 0 Å². The minimum absolute atomic E-state index is 0.0593. The molecule has 3 rings (SSSR count). The minimum Gasteiger partial charge on any atom is -0.503 e. The molecule has 1 aromatic heterocycles. The van der Waals surface area contributed by atoms with Crippen LogP contribution in [-0.2, 0) is 11.3 Å². The number of hydrogen-bond donors (Lipinski definition) is 2. The van der Waals surface area contributed by atoms with Crippen LogP contribution in [0.3, 0.4) is 0 Å². The second kappa shape index (κ2) is 5.54. The number of aromatic nitrogens is 1. The van der Waals surface area contributed by atoms with Gasteiger partial charge in [0.2, 0.25) is 0 Å². The van der Waals surface area contributed by atoms with E-state index in [4.69, 9.17) is 4.74 Å². The summed E-state index contributed by atoms with van der Waals surface area (Å²) in [6, 6.07) is -0.125. The fourth-order valence-electron chi connectivity index (χ4n) is 2.44. The number of amides is 1. The van der Waals surface area contributed by atoms with Crippen LogP contribution in [0.1, 0.15) is 24.3 Å². The Morgan fingerprint density at radius 2 is 2.00 bits per heavy atom. The molecule has 20 heavy (non-hydrogen) atoms. The fraction of sp³-hybridized carbons (Fsp3) is 0.538. The van der Waals surface area contributed by atoms with Gasteiger partial charge in [-0.15, -0.1) is 0 Å². The lowest BCUT2D eigenvalue weighted by molar-refractivity contribution is -0.0141. The highest BCUT2D eigenvalue weighted by Crippen LogP contribution is 2.26. The number of rotatable bonds is 0. The molecule has 7 heteroatoms. The monoisotopic (exact) mass is 282 g/mol. The van der Waals surface area contributed by atoms with Crippen molar-refractivity contribution in [2.24, 2.45) is 0 Å². The molecule has 3 heterocycles. The molecule has 110 valence electrons. The van der Waals surface area contributed by atoms with Crippen LogP contribution < -0.4 is 5.43 Å². The fourth-order valence-corrected chi connectivity index (χ4v) is 2.44. The molecule has 0 bridgehead atoms. The van der Waals surface area contributed by atoms with Gasteiger partial charge in [-0.3, -0.25) is 9.59 Å². The maximum atomic E-state index is 12.2. The summed E-state index contributed by atoms with van der Waals surface area (Å²) < 4.78 is 6.70. The summed E-state index contributed by atoms with van der Waals surface area (Å²) in [5.41, 5.74) is -0.975. The number of morpholine rings is 1. The summed E-state index contributed by atoms with van der Waals surface area (Å²) in [7, 11) is 0. The quantitative estimate of drug-likeness (QED) is 0.706. The molecule has 1 aromatic rings. The Morgan fingerprint density at radius 3 is 2.70 bits per heavy atom. The first-order valence-electron chi connectivity index (χ1n) is 6.63. The van der Waals surface area contributed by atoms with E-state index in [0.29, 0.717) is 26.3 Å². The van der Waals surface area contributed by atoms with Gasteiger partial charge in [0, 0.05) is 13.1 Å². The van der Waals surface area contributed by atoms with E-state index in [1.54, 1.807) is 4.90 Å². The van der Waals surface area contributed by atoms with Crippen molar-refractivity contribution in [1.29, 1.82) is 0 Å². The molecule has 2 N–H and O–H groups in total. The molecule has 2 aliphatic heterocycles. The molecular weight excluding hydrogens is 264 g/mol. The Balaban J connectivity index is 0.000000704. The van der Waals surface area contributed by atoms with Crippen LogP contribution in [0.2, 0.25) is 0 Å². The standard InChI is InChI=1S/C11H12N2O5.C2H6/c14-7-4-12-3-6-5-18-2-1-13(6)11(17)8(12)10(16)9(7)15;1-2/h4,6,14,16H,1-3,5H2;1-2H3/t6-;/m1./s1. The number of ether oxygens (including phenoxy) is 1. The van der Waals surface area contributed by atoms with Crippen molar-refractivity contribution < 1.29 is 19.7 Å². The highest BCUT2D eigenvalue weighted by Gasteiger charge is 2.37. The van der Waals surface area contributed by atoms with Crippen molar-refractivity contribution in [1.82, 2.24) is 9.47 Å². The Kier molecular flexibility index (Phi) is 3.99. The van der Waals surface area contributed by atoms with Gasteiger partial charge in [0.05, 0.1) is 25.5 Å². The maximum absolute atomic E-state index is 12.2. The molecule has 0 aliphatic carbocycles. The van der Waals surface area contributed by atoms with Crippen molar-refractivity contribution in [3.05, 3.63) is 22.1 Å². The molecule has 0 saturated carbocycles. The van der Waals surface area contributed by atoms with Crippen LogP contribution in [0, 0.1) is 0 Å². The summed E-state index contributed by atoms with van der Waals surface area (Å²) in [4.78, 5) is 25.2. The third-order valence-corrected chi connectivity index (χ3v) is 3.34. The zero-order chi connectivity index (χ0) is 14.9. The predicted molar refractivity (Wildman–Crippen MR) is 71.0 cm³/mol. The molecule has 1 atom stereocenters. The highest BCUT2D eigenvalue weighted by molar-refractivity contribution is 5.96. The van der Waals surface area contributed by atoms with Gasteiger partial charge < -0.3 is 24.4 Å². The zero-order valence-electron chi connectivity index (χ0n) is 11.5. The maximum Gasteiger partial charge on any atom is 0.274 e. The summed E-state index contributed by atoms with van der Waals surface area (Å²) in [6.45, 7) is 5.70. The molecule has 7 nitrogen and oxygen atoms in total. The third-order valence-electron chi connectivity index (χ3n) is 3.34. The van der Waals surface area contributed by atoms with Gasteiger partial charge >= 0.3 is 0 Å². The molecule has 1 saturated heterocycles. The van der Waals surface area contributed by atoms with E-state index in [0.717, 1.165) is 0 Å². The highest BCUT2D eigenvalue weighted by atomic mass is 16.5. The first kappa shape index (κ1) is 14.4. The summed E-state index contributed by atoms with van der Waals surface area (Å²) in [6.07, 6.45) is 1.18. The molecule has 0 radical (unpaired) electrons. The number of pyridine rings is 1. The number of carbonyl (C=O) groups excluding carboxylic acids is 1. The van der Waals surface area contributed by atoms with Crippen LogP contribution in [-0.4, -0.2) is 51.4 Å². The summed E-state index contributed by atoms with van der Waals surface area (Å²) >= 11 is 0. The molecule has 1 amide bonds.